The molecule has 0 bridgehead atoms. The molecule has 3 rings (SSSR count). The Hall–Kier alpha value is -0.0900. The Bertz CT molecular complexity index is 598. The number of halogens is 1. The molecule has 0 aliphatic carbocycles. The number of ether oxygens (including phenoxy) is 2. The van der Waals surface area contributed by atoms with Crippen LogP contribution in [0.3, 0.4) is 0 Å². The van der Waals surface area contributed by atoms with Crippen LogP contribution in [0.15, 0.2) is 0 Å². The summed E-state index contributed by atoms with van der Waals surface area (Å²) in [5.74, 6) is 1.49. The molecule has 3 aliphatic rings. The normalized spacial score (nSPS) is 40.8. The van der Waals surface area contributed by atoms with Crippen molar-refractivity contribution in [2.24, 2.45) is 17.8 Å². The van der Waals surface area contributed by atoms with Gasteiger partial charge in [-0.2, -0.15) is 0 Å². The first-order valence-corrected chi connectivity index (χ1v) is 13.3. The molecular weight excluding hydrogens is 440 g/mol. The second kappa shape index (κ2) is 11.4. The lowest BCUT2D eigenvalue weighted by Crippen LogP contribution is -2.59. The number of hydrogen-bond acceptors (Lipinski definition) is 7. The highest BCUT2D eigenvalue weighted by Crippen LogP contribution is 2.34. The fourth-order valence-electron chi connectivity index (χ4n) is 5.32. The van der Waals surface area contributed by atoms with Crippen molar-refractivity contribution < 1.29 is 24.5 Å². The third-order valence-electron chi connectivity index (χ3n) is 6.85. The van der Waals surface area contributed by atoms with Crippen LogP contribution in [0.2, 0.25) is 0 Å². The molecule has 31 heavy (non-hydrogen) atoms. The zero-order chi connectivity index (χ0) is 22.7. The molecule has 3 saturated heterocycles. The summed E-state index contributed by atoms with van der Waals surface area (Å²) in [7, 11) is 0. The van der Waals surface area contributed by atoms with Crippen LogP contribution in [-0.2, 0) is 14.3 Å². The summed E-state index contributed by atoms with van der Waals surface area (Å²) in [6.07, 6.45) is 2.88. The average Bonchev–Trinajstić information content (AvgIpc) is 2.99. The van der Waals surface area contributed by atoms with Crippen molar-refractivity contribution in [1.82, 2.24) is 10.6 Å². The van der Waals surface area contributed by atoms with Gasteiger partial charge in [-0.3, -0.25) is 4.79 Å². The largest absolute Gasteiger partial charge is 0.390 e. The van der Waals surface area contributed by atoms with Gasteiger partial charge in [0.2, 0.25) is 5.91 Å². The van der Waals surface area contributed by atoms with Crippen LogP contribution >= 0.6 is 23.4 Å². The maximum absolute atomic E-state index is 13.2. The lowest BCUT2D eigenvalue weighted by molar-refractivity contribution is -0.148. The van der Waals surface area contributed by atoms with Crippen LogP contribution in [0, 0.1) is 17.8 Å². The number of carbonyl (C=O) groups excluding carboxylic acids is 1. The highest BCUT2D eigenvalue weighted by atomic mass is 35.5. The predicted octanol–water partition coefficient (Wildman–Crippen LogP) is 1.73. The van der Waals surface area contributed by atoms with Crippen molar-refractivity contribution >= 4 is 29.3 Å². The minimum atomic E-state index is -0.955. The highest BCUT2D eigenvalue weighted by molar-refractivity contribution is 7.99. The standard InChI is InChI=1S/C22H39ClN2O5S/c1-11(2)7-13-5-6-29-20-14(8-13)10-24-18(20)21(28)25-17(12(3)23)16-9-15(26)19(27)22(30-16)31-4/h11-20,22,24,26-27H,5-10H2,1-4H3,(H,25,28)/t12-,13-,14-,15+,16-,17+,18-,19+,20+,22?/m0/s1. The van der Waals surface area contributed by atoms with Gasteiger partial charge in [0, 0.05) is 19.6 Å². The lowest BCUT2D eigenvalue weighted by atomic mass is 9.85. The third-order valence-corrected chi connectivity index (χ3v) is 7.97. The summed E-state index contributed by atoms with van der Waals surface area (Å²) in [6.45, 7) is 7.78. The van der Waals surface area contributed by atoms with Gasteiger partial charge in [-0.1, -0.05) is 13.8 Å². The zero-order valence-electron chi connectivity index (χ0n) is 19.0. The molecule has 0 spiro atoms. The minimum Gasteiger partial charge on any atom is -0.390 e. The molecule has 4 N–H and O–H groups in total. The quantitative estimate of drug-likeness (QED) is 0.413. The Morgan fingerprint density at radius 3 is 2.68 bits per heavy atom. The summed E-state index contributed by atoms with van der Waals surface area (Å²) in [5.41, 5.74) is -0.555. The number of aliphatic hydroxyl groups is 2. The second-order valence-corrected chi connectivity index (χ2v) is 11.4. The predicted molar refractivity (Wildman–Crippen MR) is 123 cm³/mol. The number of rotatable bonds is 7. The number of carbonyl (C=O) groups is 1. The van der Waals surface area contributed by atoms with Gasteiger partial charge < -0.3 is 30.3 Å². The van der Waals surface area contributed by atoms with Crippen LogP contribution in [0.25, 0.3) is 0 Å². The third kappa shape index (κ3) is 6.28. The maximum atomic E-state index is 13.2. The topological polar surface area (TPSA) is 100 Å². The van der Waals surface area contributed by atoms with E-state index in [1.807, 2.05) is 13.2 Å². The molecule has 1 amide bonds. The summed E-state index contributed by atoms with van der Waals surface area (Å²) in [6, 6.07) is -0.901. The van der Waals surface area contributed by atoms with Crippen molar-refractivity contribution in [3.05, 3.63) is 0 Å². The number of thioether (sulfide) groups is 1. The van der Waals surface area contributed by atoms with Gasteiger partial charge in [0.05, 0.1) is 29.7 Å². The van der Waals surface area contributed by atoms with Gasteiger partial charge in [0.25, 0.3) is 0 Å². The molecule has 0 saturated carbocycles. The molecular formula is C22H39ClN2O5S. The SMILES string of the molecule is CSC1O[C@H]([C@H](NC(=O)[C@H]2NC[C@@H]3C[C@H](CC(C)C)CCO[C@H]32)[C@H](C)Cl)C[C@@H](O)[C@H]1O. The van der Waals surface area contributed by atoms with Crippen molar-refractivity contribution in [3.63, 3.8) is 0 Å². The number of aliphatic hydroxyl groups excluding tert-OH is 2. The van der Waals surface area contributed by atoms with E-state index in [-0.39, 0.29) is 18.4 Å². The van der Waals surface area contributed by atoms with E-state index < -0.39 is 41.2 Å². The van der Waals surface area contributed by atoms with Gasteiger partial charge >= 0.3 is 0 Å². The van der Waals surface area contributed by atoms with Gasteiger partial charge in [0.15, 0.2) is 0 Å². The van der Waals surface area contributed by atoms with Crippen molar-refractivity contribution in [3.8, 4) is 0 Å². The van der Waals surface area contributed by atoms with Crippen molar-refractivity contribution in [2.75, 3.05) is 19.4 Å². The minimum absolute atomic E-state index is 0.137. The van der Waals surface area contributed by atoms with Crippen molar-refractivity contribution in [2.45, 2.75) is 93.8 Å². The van der Waals surface area contributed by atoms with Gasteiger partial charge in [-0.05, 0) is 50.2 Å². The Labute approximate surface area is 195 Å². The van der Waals surface area contributed by atoms with Crippen LogP contribution in [0.5, 0.6) is 0 Å². The van der Waals surface area contributed by atoms with E-state index in [9.17, 15) is 15.0 Å². The fraction of sp³-hybridized carbons (Fsp3) is 0.955. The van der Waals surface area contributed by atoms with Gasteiger partial charge in [-0.25, -0.2) is 0 Å². The van der Waals surface area contributed by atoms with E-state index in [4.69, 9.17) is 21.1 Å². The monoisotopic (exact) mass is 478 g/mol. The summed E-state index contributed by atoms with van der Waals surface area (Å²) >= 11 is 7.77. The highest BCUT2D eigenvalue weighted by Gasteiger charge is 2.46. The van der Waals surface area contributed by atoms with E-state index in [0.29, 0.717) is 24.4 Å². The number of hydrogen-bond donors (Lipinski definition) is 4. The molecule has 10 atom stereocenters. The smallest absolute Gasteiger partial charge is 0.240 e. The summed E-state index contributed by atoms with van der Waals surface area (Å²) < 4.78 is 12.1. The molecule has 7 nitrogen and oxygen atoms in total. The van der Waals surface area contributed by atoms with Gasteiger partial charge in [0.1, 0.15) is 17.6 Å². The number of alkyl halides is 1. The average molecular weight is 479 g/mol. The molecule has 0 radical (unpaired) electrons. The summed E-state index contributed by atoms with van der Waals surface area (Å²) in [5, 5.41) is 26.4. The number of fused-ring (bicyclic) bond motifs is 1. The first-order valence-electron chi connectivity index (χ1n) is 11.5. The Morgan fingerprint density at radius 1 is 1.29 bits per heavy atom. The van der Waals surface area contributed by atoms with E-state index in [0.717, 1.165) is 19.4 Å². The Kier molecular flexibility index (Phi) is 9.36. The van der Waals surface area contributed by atoms with E-state index >= 15 is 0 Å². The molecule has 3 heterocycles. The van der Waals surface area contributed by atoms with Crippen LogP contribution in [-0.4, -0.2) is 82.8 Å². The van der Waals surface area contributed by atoms with Gasteiger partial charge in [-0.15, -0.1) is 23.4 Å². The first-order chi connectivity index (χ1) is 14.7. The van der Waals surface area contributed by atoms with Crippen LogP contribution in [0.1, 0.15) is 46.5 Å². The zero-order valence-corrected chi connectivity index (χ0v) is 20.6. The molecule has 9 heteroatoms. The van der Waals surface area contributed by atoms with E-state index in [1.165, 1.54) is 18.2 Å². The first kappa shape index (κ1) is 25.5. The number of nitrogens with one attached hydrogen (secondary N) is 2. The Balaban J connectivity index is 1.64. The molecule has 0 aromatic heterocycles. The molecule has 0 aromatic rings. The molecule has 0 aromatic carbocycles. The maximum Gasteiger partial charge on any atom is 0.240 e. The summed E-state index contributed by atoms with van der Waals surface area (Å²) in [4.78, 5) is 13.2. The van der Waals surface area contributed by atoms with E-state index in [2.05, 4.69) is 24.5 Å². The van der Waals surface area contributed by atoms with E-state index in [1.54, 1.807) is 0 Å². The second-order valence-electron chi connectivity index (χ2n) is 9.79. The number of amides is 1. The van der Waals surface area contributed by atoms with Crippen LogP contribution in [0.4, 0.5) is 0 Å². The lowest BCUT2D eigenvalue weighted by Gasteiger charge is -2.41. The Morgan fingerprint density at radius 2 is 2.03 bits per heavy atom. The molecule has 180 valence electrons. The van der Waals surface area contributed by atoms with Crippen LogP contribution < -0.4 is 10.6 Å². The molecule has 1 unspecified atom stereocenters. The molecule has 3 fully saturated rings. The van der Waals surface area contributed by atoms with Crippen molar-refractivity contribution in [1.29, 1.82) is 0 Å². The fourth-order valence-corrected chi connectivity index (χ4v) is 6.26. The molecule has 3 aliphatic heterocycles.